The number of carbonyl (C=O) groups is 1. The Labute approximate surface area is 111 Å². The number of rotatable bonds is 4. The zero-order valence-electron chi connectivity index (χ0n) is 11.8. The second-order valence-electron chi connectivity index (χ2n) is 5.95. The zero-order valence-corrected chi connectivity index (χ0v) is 11.8. The van der Waals surface area contributed by atoms with Gasteiger partial charge in [0.1, 0.15) is 0 Å². The summed E-state index contributed by atoms with van der Waals surface area (Å²) in [5.41, 5.74) is 0. The van der Waals surface area contributed by atoms with E-state index < -0.39 is 0 Å². The Morgan fingerprint density at radius 2 is 1.89 bits per heavy atom. The summed E-state index contributed by atoms with van der Waals surface area (Å²) in [4.78, 5) is 14.2. The molecule has 18 heavy (non-hydrogen) atoms. The molecule has 1 amide bonds. The van der Waals surface area contributed by atoms with E-state index in [1.807, 2.05) is 0 Å². The molecular formula is C15H28N2O. The van der Waals surface area contributed by atoms with E-state index in [0.29, 0.717) is 18.5 Å². The van der Waals surface area contributed by atoms with Gasteiger partial charge >= 0.3 is 0 Å². The first-order chi connectivity index (χ1) is 8.79. The van der Waals surface area contributed by atoms with Crippen molar-refractivity contribution in [3.05, 3.63) is 0 Å². The van der Waals surface area contributed by atoms with Gasteiger partial charge in [-0.15, -0.1) is 0 Å². The second-order valence-corrected chi connectivity index (χ2v) is 5.95. The average Bonchev–Trinajstić information content (AvgIpc) is 2.79. The van der Waals surface area contributed by atoms with Gasteiger partial charge in [-0.25, -0.2) is 0 Å². The van der Waals surface area contributed by atoms with Crippen LogP contribution in [0.5, 0.6) is 0 Å². The van der Waals surface area contributed by atoms with Gasteiger partial charge in [-0.2, -0.15) is 0 Å². The molecule has 2 fully saturated rings. The summed E-state index contributed by atoms with van der Waals surface area (Å²) < 4.78 is 0. The molecule has 1 saturated heterocycles. The summed E-state index contributed by atoms with van der Waals surface area (Å²) in [7, 11) is 0. The molecule has 3 heteroatoms. The largest absolute Gasteiger partial charge is 0.342 e. The smallest absolute Gasteiger partial charge is 0.236 e. The van der Waals surface area contributed by atoms with Crippen LogP contribution in [0.1, 0.15) is 58.3 Å². The molecule has 0 aromatic heterocycles. The Morgan fingerprint density at radius 1 is 1.11 bits per heavy atom. The summed E-state index contributed by atoms with van der Waals surface area (Å²) >= 11 is 0. The predicted molar refractivity (Wildman–Crippen MR) is 74.5 cm³/mol. The molecule has 104 valence electrons. The number of nitrogens with zero attached hydrogens (tertiary/aromatic N) is 1. The van der Waals surface area contributed by atoms with E-state index in [-0.39, 0.29) is 0 Å². The van der Waals surface area contributed by atoms with E-state index in [1.165, 1.54) is 51.4 Å². The molecular weight excluding hydrogens is 224 g/mol. The lowest BCUT2D eigenvalue weighted by Crippen LogP contribution is -2.41. The third kappa shape index (κ3) is 3.98. The number of hydrogen-bond donors (Lipinski definition) is 1. The molecule has 1 N–H and O–H groups in total. The highest BCUT2D eigenvalue weighted by Crippen LogP contribution is 2.20. The van der Waals surface area contributed by atoms with Crippen molar-refractivity contribution in [3.63, 3.8) is 0 Å². The number of hydrogen-bond acceptors (Lipinski definition) is 2. The predicted octanol–water partition coefficient (Wildman–Crippen LogP) is 2.56. The van der Waals surface area contributed by atoms with Crippen molar-refractivity contribution in [1.82, 2.24) is 10.2 Å². The minimum Gasteiger partial charge on any atom is -0.342 e. The third-order valence-electron chi connectivity index (χ3n) is 4.67. The van der Waals surface area contributed by atoms with Crippen LogP contribution in [0.2, 0.25) is 0 Å². The van der Waals surface area contributed by atoms with Gasteiger partial charge in [-0.1, -0.05) is 26.2 Å². The standard InChI is InChI=1S/C15H28N2O/c1-2-13-6-5-10-17(11-9-13)15(18)12-16-14-7-3-4-8-14/h13-14,16H,2-12H2,1H3. The quantitative estimate of drug-likeness (QED) is 0.834. The van der Waals surface area contributed by atoms with Crippen LogP contribution in [0, 0.1) is 5.92 Å². The van der Waals surface area contributed by atoms with Crippen LogP contribution in [0.15, 0.2) is 0 Å². The van der Waals surface area contributed by atoms with Crippen molar-refractivity contribution in [3.8, 4) is 0 Å². The van der Waals surface area contributed by atoms with Gasteiger partial charge in [0.2, 0.25) is 5.91 Å². The molecule has 1 aliphatic heterocycles. The molecule has 0 bridgehead atoms. The monoisotopic (exact) mass is 252 g/mol. The van der Waals surface area contributed by atoms with Crippen LogP contribution < -0.4 is 5.32 Å². The lowest BCUT2D eigenvalue weighted by atomic mass is 9.98. The molecule has 0 radical (unpaired) electrons. The normalized spacial score (nSPS) is 26.3. The maximum Gasteiger partial charge on any atom is 0.236 e. The van der Waals surface area contributed by atoms with Gasteiger partial charge in [-0.3, -0.25) is 4.79 Å². The minimum absolute atomic E-state index is 0.318. The van der Waals surface area contributed by atoms with Crippen LogP contribution in [0.4, 0.5) is 0 Å². The van der Waals surface area contributed by atoms with Crippen molar-refractivity contribution in [2.45, 2.75) is 64.3 Å². The number of carbonyl (C=O) groups excluding carboxylic acids is 1. The Morgan fingerprint density at radius 3 is 2.61 bits per heavy atom. The molecule has 0 aromatic rings. The lowest BCUT2D eigenvalue weighted by molar-refractivity contribution is -0.130. The number of amides is 1. The Bertz CT molecular complexity index is 261. The third-order valence-corrected chi connectivity index (χ3v) is 4.67. The molecule has 1 unspecified atom stereocenters. The van der Waals surface area contributed by atoms with E-state index in [1.54, 1.807) is 0 Å². The highest BCUT2D eigenvalue weighted by molar-refractivity contribution is 5.78. The maximum atomic E-state index is 12.2. The fourth-order valence-electron chi connectivity index (χ4n) is 3.30. The SMILES string of the molecule is CCC1CCCN(C(=O)CNC2CCCC2)CC1. The highest BCUT2D eigenvalue weighted by atomic mass is 16.2. The fraction of sp³-hybridized carbons (Fsp3) is 0.933. The Hall–Kier alpha value is -0.570. The molecule has 1 atom stereocenters. The van der Waals surface area contributed by atoms with Crippen molar-refractivity contribution in [2.24, 2.45) is 5.92 Å². The second kappa shape index (κ2) is 7.13. The fourth-order valence-corrected chi connectivity index (χ4v) is 3.30. The molecule has 2 rings (SSSR count). The van der Waals surface area contributed by atoms with E-state index in [0.717, 1.165) is 19.0 Å². The number of nitrogens with one attached hydrogen (secondary N) is 1. The van der Waals surface area contributed by atoms with Gasteiger partial charge in [-0.05, 0) is 38.0 Å². The maximum absolute atomic E-state index is 12.2. The van der Waals surface area contributed by atoms with Crippen LogP contribution in [0.25, 0.3) is 0 Å². The minimum atomic E-state index is 0.318. The Kier molecular flexibility index (Phi) is 5.48. The van der Waals surface area contributed by atoms with Crippen molar-refractivity contribution >= 4 is 5.91 Å². The molecule has 0 spiro atoms. The Balaban J connectivity index is 1.70. The summed E-state index contributed by atoms with van der Waals surface area (Å²) in [5.74, 6) is 1.16. The van der Waals surface area contributed by atoms with E-state index in [4.69, 9.17) is 0 Å². The first-order valence-corrected chi connectivity index (χ1v) is 7.80. The molecule has 1 heterocycles. The number of likely N-dealkylation sites (tertiary alicyclic amines) is 1. The highest BCUT2D eigenvalue weighted by Gasteiger charge is 2.21. The first-order valence-electron chi connectivity index (χ1n) is 7.80. The molecule has 1 aliphatic carbocycles. The van der Waals surface area contributed by atoms with Crippen LogP contribution >= 0.6 is 0 Å². The van der Waals surface area contributed by atoms with E-state index >= 15 is 0 Å². The van der Waals surface area contributed by atoms with Gasteiger partial charge < -0.3 is 10.2 Å². The first kappa shape index (κ1) is 13.9. The van der Waals surface area contributed by atoms with Crippen LogP contribution in [-0.2, 0) is 4.79 Å². The van der Waals surface area contributed by atoms with Crippen molar-refractivity contribution in [2.75, 3.05) is 19.6 Å². The van der Waals surface area contributed by atoms with E-state index in [9.17, 15) is 4.79 Å². The molecule has 0 aromatic carbocycles. The average molecular weight is 252 g/mol. The lowest BCUT2D eigenvalue weighted by Gasteiger charge is -2.22. The zero-order chi connectivity index (χ0) is 12.8. The van der Waals surface area contributed by atoms with Crippen molar-refractivity contribution < 1.29 is 4.79 Å². The summed E-state index contributed by atoms with van der Waals surface area (Å²) in [6.45, 7) is 4.77. The molecule has 1 saturated carbocycles. The van der Waals surface area contributed by atoms with Gasteiger partial charge in [0.25, 0.3) is 0 Å². The van der Waals surface area contributed by atoms with Gasteiger partial charge in [0, 0.05) is 19.1 Å². The van der Waals surface area contributed by atoms with Crippen LogP contribution in [-0.4, -0.2) is 36.5 Å². The summed E-state index contributed by atoms with van der Waals surface area (Å²) in [6, 6.07) is 0.601. The summed E-state index contributed by atoms with van der Waals surface area (Å²) in [5, 5.41) is 3.43. The van der Waals surface area contributed by atoms with Crippen LogP contribution in [0.3, 0.4) is 0 Å². The van der Waals surface area contributed by atoms with Gasteiger partial charge in [0.15, 0.2) is 0 Å². The van der Waals surface area contributed by atoms with Gasteiger partial charge in [0.05, 0.1) is 6.54 Å². The molecule has 3 nitrogen and oxygen atoms in total. The summed E-state index contributed by atoms with van der Waals surface area (Å²) in [6.07, 6.45) is 10.1. The molecule has 2 aliphatic rings. The van der Waals surface area contributed by atoms with E-state index in [2.05, 4.69) is 17.1 Å². The topological polar surface area (TPSA) is 32.3 Å². The van der Waals surface area contributed by atoms with Crippen molar-refractivity contribution in [1.29, 1.82) is 0 Å².